The molecule has 4 rings (SSSR count). The van der Waals surface area contributed by atoms with E-state index in [9.17, 15) is 4.79 Å². The van der Waals surface area contributed by atoms with Crippen molar-refractivity contribution in [2.75, 3.05) is 5.32 Å². The lowest BCUT2D eigenvalue weighted by Crippen LogP contribution is -2.15. The molecule has 0 spiro atoms. The van der Waals surface area contributed by atoms with E-state index in [0.717, 1.165) is 27.7 Å². The van der Waals surface area contributed by atoms with Crippen molar-refractivity contribution in [2.24, 2.45) is 5.92 Å². The molecule has 5 nitrogen and oxygen atoms in total. The Morgan fingerprint density at radius 1 is 1.24 bits per heavy atom. The largest absolute Gasteiger partial charge is 0.423 e. The average Bonchev–Trinajstić information content (AvgIpc) is 3.23. The van der Waals surface area contributed by atoms with Gasteiger partial charge in [0.15, 0.2) is 0 Å². The molecule has 0 unspecified atom stereocenters. The number of hydrogen-bond donors (Lipinski definition) is 1. The number of aromatic nitrogens is 2. The number of nitrogens with one attached hydrogen (secondary N) is 1. The summed E-state index contributed by atoms with van der Waals surface area (Å²) in [6, 6.07) is 13.8. The molecule has 3 aromatic rings. The standard InChI is InChI=1S/C19H16BrN3O2/c1-11-14(19-23-21-10-25-19)3-2-4-17(11)22-18(24)16-9-15(16)12-5-7-13(20)8-6-12/h2-8,10,15-16H,9H2,1H3,(H,22,24)/t15-,16+/m0/s1. The molecule has 6 heteroatoms. The Kier molecular flexibility index (Phi) is 4.13. The summed E-state index contributed by atoms with van der Waals surface area (Å²) in [4.78, 5) is 12.6. The van der Waals surface area contributed by atoms with Crippen LogP contribution in [0.1, 0.15) is 23.5 Å². The summed E-state index contributed by atoms with van der Waals surface area (Å²) >= 11 is 3.44. The van der Waals surface area contributed by atoms with E-state index in [-0.39, 0.29) is 11.8 Å². The third-order valence-corrected chi connectivity index (χ3v) is 5.14. The molecule has 126 valence electrons. The van der Waals surface area contributed by atoms with Gasteiger partial charge in [-0.1, -0.05) is 34.1 Å². The van der Waals surface area contributed by atoms with Gasteiger partial charge in [-0.15, -0.1) is 10.2 Å². The summed E-state index contributed by atoms with van der Waals surface area (Å²) in [5, 5.41) is 10.7. The Morgan fingerprint density at radius 3 is 2.76 bits per heavy atom. The number of benzene rings is 2. The van der Waals surface area contributed by atoms with Gasteiger partial charge >= 0.3 is 0 Å². The zero-order chi connectivity index (χ0) is 17.4. The molecule has 1 aliphatic rings. The van der Waals surface area contributed by atoms with Crippen LogP contribution in [0.15, 0.2) is 57.7 Å². The third kappa shape index (κ3) is 3.22. The number of hydrogen-bond acceptors (Lipinski definition) is 4. The third-order valence-electron chi connectivity index (χ3n) is 4.61. The summed E-state index contributed by atoms with van der Waals surface area (Å²) in [6.07, 6.45) is 2.18. The highest BCUT2D eigenvalue weighted by molar-refractivity contribution is 9.10. The molecule has 0 aliphatic heterocycles. The number of carbonyl (C=O) groups is 1. The Labute approximate surface area is 153 Å². The number of carbonyl (C=O) groups excluding carboxylic acids is 1. The molecule has 0 radical (unpaired) electrons. The van der Waals surface area contributed by atoms with E-state index in [0.29, 0.717) is 11.8 Å². The van der Waals surface area contributed by atoms with Gasteiger partial charge in [-0.25, -0.2) is 0 Å². The lowest BCUT2D eigenvalue weighted by molar-refractivity contribution is -0.117. The molecule has 0 saturated heterocycles. The molecule has 1 fully saturated rings. The first-order valence-corrected chi connectivity index (χ1v) is 8.85. The molecular formula is C19H16BrN3O2. The Balaban J connectivity index is 1.49. The van der Waals surface area contributed by atoms with Gasteiger partial charge in [0.1, 0.15) is 0 Å². The molecule has 1 amide bonds. The monoisotopic (exact) mass is 397 g/mol. The summed E-state index contributed by atoms with van der Waals surface area (Å²) in [7, 11) is 0. The van der Waals surface area contributed by atoms with Crippen molar-refractivity contribution in [3.63, 3.8) is 0 Å². The lowest BCUT2D eigenvalue weighted by Gasteiger charge is -2.10. The van der Waals surface area contributed by atoms with Crippen LogP contribution in [0.2, 0.25) is 0 Å². The van der Waals surface area contributed by atoms with Gasteiger partial charge < -0.3 is 9.73 Å². The second-order valence-electron chi connectivity index (χ2n) is 6.21. The van der Waals surface area contributed by atoms with Crippen LogP contribution in [0.3, 0.4) is 0 Å². The van der Waals surface area contributed by atoms with Crippen LogP contribution in [0.4, 0.5) is 5.69 Å². The zero-order valence-corrected chi connectivity index (χ0v) is 15.2. The number of halogens is 1. The zero-order valence-electron chi connectivity index (χ0n) is 13.6. The Bertz CT molecular complexity index is 907. The minimum atomic E-state index is 0.0210. The van der Waals surface area contributed by atoms with Crippen LogP contribution >= 0.6 is 15.9 Å². The van der Waals surface area contributed by atoms with E-state index >= 15 is 0 Å². The van der Waals surface area contributed by atoms with Crippen LogP contribution < -0.4 is 5.32 Å². The van der Waals surface area contributed by atoms with Crippen LogP contribution in [0.25, 0.3) is 11.5 Å². The maximum absolute atomic E-state index is 12.6. The SMILES string of the molecule is Cc1c(NC(=O)[C@@H]2C[C@H]2c2ccc(Br)cc2)cccc1-c1nnco1. The smallest absolute Gasteiger partial charge is 0.247 e. The average molecular weight is 398 g/mol. The van der Waals surface area contributed by atoms with Crippen molar-refractivity contribution in [1.82, 2.24) is 10.2 Å². The Hall–Kier alpha value is -2.47. The lowest BCUT2D eigenvalue weighted by atomic mass is 10.1. The minimum absolute atomic E-state index is 0.0210. The second-order valence-corrected chi connectivity index (χ2v) is 7.13. The quantitative estimate of drug-likeness (QED) is 0.700. The molecule has 1 heterocycles. The van der Waals surface area contributed by atoms with E-state index < -0.39 is 0 Å². The molecule has 1 N–H and O–H groups in total. The fourth-order valence-corrected chi connectivity index (χ4v) is 3.35. The van der Waals surface area contributed by atoms with Gasteiger partial charge in [-0.2, -0.15) is 0 Å². The number of nitrogens with zero attached hydrogens (tertiary/aromatic N) is 2. The summed E-state index contributed by atoms with van der Waals surface area (Å²) in [6.45, 7) is 1.94. The molecule has 0 bridgehead atoms. The molecule has 1 aromatic heterocycles. The van der Waals surface area contributed by atoms with Gasteiger partial charge in [0.25, 0.3) is 0 Å². The van der Waals surface area contributed by atoms with Gasteiger partial charge in [0, 0.05) is 21.6 Å². The first-order valence-electron chi connectivity index (χ1n) is 8.06. The molecule has 1 saturated carbocycles. The summed E-state index contributed by atoms with van der Waals surface area (Å²) in [5.74, 6) is 0.826. The predicted octanol–water partition coefficient (Wildman–Crippen LogP) is 4.55. The van der Waals surface area contributed by atoms with Crippen molar-refractivity contribution in [3.05, 3.63) is 64.5 Å². The first kappa shape index (κ1) is 16.0. The molecule has 1 aliphatic carbocycles. The maximum atomic E-state index is 12.6. The fraction of sp³-hybridized carbons (Fsp3) is 0.211. The van der Waals surface area contributed by atoms with E-state index in [4.69, 9.17) is 4.42 Å². The van der Waals surface area contributed by atoms with Crippen molar-refractivity contribution in [2.45, 2.75) is 19.3 Å². The van der Waals surface area contributed by atoms with Gasteiger partial charge in [-0.05, 0) is 54.7 Å². The van der Waals surface area contributed by atoms with E-state index in [2.05, 4.69) is 43.6 Å². The molecule has 2 aromatic carbocycles. The molecule has 2 atom stereocenters. The van der Waals surface area contributed by atoms with Gasteiger partial charge in [-0.3, -0.25) is 4.79 Å². The van der Waals surface area contributed by atoms with E-state index in [1.54, 1.807) is 0 Å². The highest BCUT2D eigenvalue weighted by Gasteiger charge is 2.44. The number of amides is 1. The van der Waals surface area contributed by atoms with Crippen LogP contribution in [-0.4, -0.2) is 16.1 Å². The van der Waals surface area contributed by atoms with Crippen LogP contribution in [-0.2, 0) is 4.79 Å². The van der Waals surface area contributed by atoms with Crippen LogP contribution in [0.5, 0.6) is 0 Å². The van der Waals surface area contributed by atoms with Crippen LogP contribution in [0, 0.1) is 12.8 Å². The topological polar surface area (TPSA) is 68.0 Å². The normalized spacial score (nSPS) is 18.8. The van der Waals surface area contributed by atoms with E-state index in [1.807, 2.05) is 37.3 Å². The van der Waals surface area contributed by atoms with Crippen molar-refractivity contribution in [1.29, 1.82) is 0 Å². The highest BCUT2D eigenvalue weighted by atomic mass is 79.9. The minimum Gasteiger partial charge on any atom is -0.423 e. The Morgan fingerprint density at radius 2 is 2.04 bits per heavy atom. The molecule has 25 heavy (non-hydrogen) atoms. The van der Waals surface area contributed by atoms with Crippen molar-refractivity contribution in [3.8, 4) is 11.5 Å². The number of anilines is 1. The fourth-order valence-electron chi connectivity index (χ4n) is 3.08. The van der Waals surface area contributed by atoms with Crippen molar-refractivity contribution >= 4 is 27.5 Å². The summed E-state index contributed by atoms with van der Waals surface area (Å²) in [5.41, 5.74) is 3.73. The predicted molar refractivity (Wildman–Crippen MR) is 98.1 cm³/mol. The van der Waals surface area contributed by atoms with Crippen molar-refractivity contribution < 1.29 is 9.21 Å². The van der Waals surface area contributed by atoms with Gasteiger partial charge in [0.05, 0.1) is 0 Å². The first-order chi connectivity index (χ1) is 12.1. The van der Waals surface area contributed by atoms with Gasteiger partial charge in [0.2, 0.25) is 18.2 Å². The van der Waals surface area contributed by atoms with E-state index in [1.165, 1.54) is 12.0 Å². The second kappa shape index (κ2) is 6.44. The number of rotatable bonds is 4. The maximum Gasteiger partial charge on any atom is 0.247 e. The molecular weight excluding hydrogens is 382 g/mol. The highest BCUT2D eigenvalue weighted by Crippen LogP contribution is 2.48. The summed E-state index contributed by atoms with van der Waals surface area (Å²) < 4.78 is 6.31.